The fourth-order valence-electron chi connectivity index (χ4n) is 3.47. The van der Waals surface area contributed by atoms with Gasteiger partial charge >= 0.3 is 6.18 Å². The van der Waals surface area contributed by atoms with Crippen LogP contribution in [0.2, 0.25) is 0 Å². The Labute approximate surface area is 181 Å². The highest BCUT2D eigenvalue weighted by atomic mass is 19.4. The highest BCUT2D eigenvalue weighted by Crippen LogP contribution is 2.37. The number of halogens is 3. The second-order valence-electron chi connectivity index (χ2n) is 7.42. The van der Waals surface area contributed by atoms with Crippen molar-refractivity contribution in [1.29, 1.82) is 0 Å². The van der Waals surface area contributed by atoms with E-state index in [0.717, 1.165) is 18.6 Å². The van der Waals surface area contributed by atoms with Gasteiger partial charge in [0.25, 0.3) is 11.8 Å². The third kappa shape index (κ3) is 4.96. The minimum Gasteiger partial charge on any atom is -0.490 e. The molecule has 1 fully saturated rings. The third-order valence-electron chi connectivity index (χ3n) is 5.07. The number of carbonyl (C=O) groups is 2. The van der Waals surface area contributed by atoms with Crippen molar-refractivity contribution in [2.24, 2.45) is 0 Å². The van der Waals surface area contributed by atoms with E-state index in [9.17, 15) is 22.8 Å². The summed E-state index contributed by atoms with van der Waals surface area (Å²) < 4.78 is 57.3. The van der Waals surface area contributed by atoms with Gasteiger partial charge in [-0.3, -0.25) is 9.59 Å². The van der Waals surface area contributed by atoms with Crippen LogP contribution in [0.3, 0.4) is 0 Å². The molecule has 0 saturated carbocycles. The zero-order valence-corrected chi connectivity index (χ0v) is 17.0. The fourth-order valence-corrected chi connectivity index (χ4v) is 3.47. The topological polar surface area (TPSA) is 85.9 Å². The molecular formula is C22H21F3N2O5. The number of rotatable bonds is 4. The summed E-state index contributed by atoms with van der Waals surface area (Å²) >= 11 is 0. The Morgan fingerprint density at radius 3 is 2.41 bits per heavy atom. The summed E-state index contributed by atoms with van der Waals surface area (Å²) in [7, 11) is 0. The van der Waals surface area contributed by atoms with Gasteiger partial charge in [-0.2, -0.15) is 13.2 Å². The second-order valence-corrected chi connectivity index (χ2v) is 7.42. The lowest BCUT2D eigenvalue weighted by molar-refractivity contribution is -0.137. The number of anilines is 2. The van der Waals surface area contributed by atoms with Crippen LogP contribution in [0.1, 0.15) is 35.2 Å². The Bertz CT molecular complexity index is 1020. The molecule has 0 bridgehead atoms. The van der Waals surface area contributed by atoms with Gasteiger partial charge < -0.3 is 24.8 Å². The molecule has 2 heterocycles. The van der Waals surface area contributed by atoms with Crippen molar-refractivity contribution in [3.63, 3.8) is 0 Å². The first-order chi connectivity index (χ1) is 15.3. The van der Waals surface area contributed by atoms with Gasteiger partial charge in [0.05, 0.1) is 24.5 Å². The molecule has 2 N–H and O–H groups in total. The Morgan fingerprint density at radius 2 is 1.69 bits per heavy atom. The van der Waals surface area contributed by atoms with Crippen LogP contribution in [0.4, 0.5) is 24.5 Å². The van der Waals surface area contributed by atoms with Gasteiger partial charge in [0.1, 0.15) is 6.10 Å². The van der Waals surface area contributed by atoms with E-state index in [1.165, 1.54) is 18.2 Å². The monoisotopic (exact) mass is 450 g/mol. The van der Waals surface area contributed by atoms with Crippen molar-refractivity contribution in [3.8, 4) is 11.5 Å². The third-order valence-corrected chi connectivity index (χ3v) is 5.07. The van der Waals surface area contributed by atoms with Gasteiger partial charge in [0, 0.05) is 24.3 Å². The zero-order valence-electron chi connectivity index (χ0n) is 17.0. The summed E-state index contributed by atoms with van der Waals surface area (Å²) in [6.07, 6.45) is -3.51. The molecule has 0 aromatic heterocycles. The molecule has 2 aromatic rings. The lowest BCUT2D eigenvalue weighted by atomic mass is 10.1. The maximum absolute atomic E-state index is 13.7. The maximum Gasteiger partial charge on any atom is 0.418 e. The minimum absolute atomic E-state index is 0.0357. The largest absolute Gasteiger partial charge is 0.490 e. The van der Waals surface area contributed by atoms with E-state index >= 15 is 0 Å². The standard InChI is InChI=1S/C22H21F3N2O5/c23-22(24,25)15-12-14(26-21(29)18-3-1-8-31-18)5-6-16(15)27-20(28)13-4-7-17-19(11-13)32-10-2-9-30-17/h4-7,11-12,18H,1-3,8-10H2,(H,26,29)(H,27,28). The summed E-state index contributed by atoms with van der Waals surface area (Å²) in [5, 5.41) is 4.74. The lowest BCUT2D eigenvalue weighted by Gasteiger charge is -2.17. The molecule has 0 radical (unpaired) electrons. The van der Waals surface area contributed by atoms with Crippen LogP contribution in [-0.4, -0.2) is 37.7 Å². The van der Waals surface area contributed by atoms with Crippen molar-refractivity contribution in [2.75, 3.05) is 30.5 Å². The predicted octanol–water partition coefficient (Wildman–Crippen LogP) is 4.24. The molecule has 1 saturated heterocycles. The first kappa shape index (κ1) is 21.9. The summed E-state index contributed by atoms with van der Waals surface area (Å²) in [6.45, 7) is 1.33. The number of ether oxygens (including phenoxy) is 3. The van der Waals surface area contributed by atoms with Gasteiger partial charge in [-0.05, 0) is 49.2 Å². The molecule has 1 atom stereocenters. The highest BCUT2D eigenvalue weighted by Gasteiger charge is 2.35. The Kier molecular flexibility index (Phi) is 6.22. The van der Waals surface area contributed by atoms with E-state index in [0.29, 0.717) is 44.2 Å². The van der Waals surface area contributed by atoms with Gasteiger partial charge in [0.15, 0.2) is 11.5 Å². The van der Waals surface area contributed by atoms with E-state index < -0.39 is 35.3 Å². The molecule has 2 aliphatic heterocycles. The normalized spacial score (nSPS) is 18.0. The van der Waals surface area contributed by atoms with Crippen LogP contribution in [0.5, 0.6) is 11.5 Å². The predicted molar refractivity (Wildman–Crippen MR) is 109 cm³/mol. The molecule has 2 amide bonds. The number of fused-ring (bicyclic) bond motifs is 1. The number of hydrogen-bond donors (Lipinski definition) is 2. The van der Waals surface area contributed by atoms with Gasteiger partial charge in [0.2, 0.25) is 0 Å². The van der Waals surface area contributed by atoms with E-state index in [2.05, 4.69) is 10.6 Å². The molecule has 10 heteroatoms. The van der Waals surface area contributed by atoms with Crippen molar-refractivity contribution < 1.29 is 37.0 Å². The average molecular weight is 450 g/mol. The van der Waals surface area contributed by atoms with Crippen LogP contribution in [0.25, 0.3) is 0 Å². The molecule has 0 aliphatic carbocycles. The number of nitrogens with one attached hydrogen (secondary N) is 2. The molecule has 4 rings (SSSR count). The molecular weight excluding hydrogens is 429 g/mol. The summed E-state index contributed by atoms with van der Waals surface area (Å²) in [4.78, 5) is 24.8. The summed E-state index contributed by atoms with van der Waals surface area (Å²) in [5.74, 6) is -0.401. The number of benzene rings is 2. The minimum atomic E-state index is -4.75. The van der Waals surface area contributed by atoms with Crippen molar-refractivity contribution in [3.05, 3.63) is 47.5 Å². The Morgan fingerprint density at radius 1 is 0.906 bits per heavy atom. The fraction of sp³-hybridized carbons (Fsp3) is 0.364. The van der Waals surface area contributed by atoms with E-state index in [4.69, 9.17) is 14.2 Å². The second kappa shape index (κ2) is 9.07. The van der Waals surface area contributed by atoms with Crippen LogP contribution in [0.15, 0.2) is 36.4 Å². The lowest BCUT2D eigenvalue weighted by Crippen LogP contribution is -2.27. The zero-order chi connectivity index (χ0) is 22.7. The molecule has 2 aromatic carbocycles. The van der Waals surface area contributed by atoms with Crippen LogP contribution in [-0.2, 0) is 15.7 Å². The number of hydrogen-bond acceptors (Lipinski definition) is 5. The van der Waals surface area contributed by atoms with Gasteiger partial charge in [-0.1, -0.05) is 0 Å². The Hall–Kier alpha value is -3.27. The molecule has 0 spiro atoms. The van der Waals surface area contributed by atoms with Crippen molar-refractivity contribution in [1.82, 2.24) is 0 Å². The highest BCUT2D eigenvalue weighted by molar-refractivity contribution is 6.05. The first-order valence-corrected chi connectivity index (χ1v) is 10.2. The summed E-state index contributed by atoms with van der Waals surface area (Å²) in [5.41, 5.74) is -1.42. The van der Waals surface area contributed by atoms with Crippen LogP contribution >= 0.6 is 0 Å². The van der Waals surface area contributed by atoms with E-state index in [1.807, 2.05) is 0 Å². The number of amides is 2. The molecule has 1 unspecified atom stereocenters. The first-order valence-electron chi connectivity index (χ1n) is 10.2. The summed E-state index contributed by atoms with van der Waals surface area (Å²) in [6, 6.07) is 7.62. The number of alkyl halides is 3. The SMILES string of the molecule is O=C(Nc1ccc(NC(=O)C2CCCO2)cc1C(F)(F)F)c1ccc2c(c1)OCCCO2. The van der Waals surface area contributed by atoms with Gasteiger partial charge in [-0.15, -0.1) is 0 Å². The molecule has 7 nitrogen and oxygen atoms in total. The smallest absolute Gasteiger partial charge is 0.418 e. The van der Waals surface area contributed by atoms with Crippen molar-refractivity contribution in [2.45, 2.75) is 31.5 Å². The van der Waals surface area contributed by atoms with Crippen LogP contribution < -0.4 is 20.1 Å². The quantitative estimate of drug-likeness (QED) is 0.728. The van der Waals surface area contributed by atoms with Crippen molar-refractivity contribution >= 4 is 23.2 Å². The van der Waals surface area contributed by atoms with E-state index in [-0.39, 0.29) is 11.3 Å². The molecule has 32 heavy (non-hydrogen) atoms. The maximum atomic E-state index is 13.7. The van der Waals surface area contributed by atoms with Gasteiger partial charge in [-0.25, -0.2) is 0 Å². The van der Waals surface area contributed by atoms with E-state index in [1.54, 1.807) is 6.07 Å². The Balaban J connectivity index is 1.54. The number of carbonyl (C=O) groups excluding carboxylic acids is 2. The average Bonchev–Trinajstić information content (AvgIpc) is 3.19. The van der Waals surface area contributed by atoms with Crippen LogP contribution in [0, 0.1) is 0 Å². The molecule has 170 valence electrons. The molecule has 2 aliphatic rings.